The van der Waals surface area contributed by atoms with Crippen molar-refractivity contribution in [2.75, 3.05) is 11.1 Å². The number of anilines is 2. The molecular formula is C14H12N4O. The Morgan fingerprint density at radius 3 is 2.63 bits per heavy atom. The highest BCUT2D eigenvalue weighted by Gasteiger charge is 2.09. The Morgan fingerprint density at radius 1 is 1.11 bits per heavy atom. The van der Waals surface area contributed by atoms with Gasteiger partial charge in [0.15, 0.2) is 0 Å². The fraction of sp³-hybridized carbons (Fsp3) is 0. The van der Waals surface area contributed by atoms with Crippen molar-refractivity contribution in [1.29, 1.82) is 0 Å². The van der Waals surface area contributed by atoms with Crippen LogP contribution in [0.4, 0.5) is 11.5 Å². The average molecular weight is 252 g/mol. The van der Waals surface area contributed by atoms with E-state index in [0.717, 1.165) is 16.5 Å². The molecule has 2 aromatic carbocycles. The Balaban J connectivity index is 1.87. The molecular weight excluding hydrogens is 240 g/mol. The van der Waals surface area contributed by atoms with Gasteiger partial charge in [-0.3, -0.25) is 9.89 Å². The smallest absolute Gasteiger partial charge is 0.273 e. The Bertz CT molecular complexity index is 748. The molecule has 1 amide bonds. The monoisotopic (exact) mass is 252 g/mol. The first-order valence-electron chi connectivity index (χ1n) is 5.83. The molecule has 0 bridgehead atoms. The third-order valence-electron chi connectivity index (χ3n) is 2.85. The lowest BCUT2D eigenvalue weighted by Gasteiger charge is -2.05. The number of amides is 1. The van der Waals surface area contributed by atoms with Gasteiger partial charge in [-0.05, 0) is 22.9 Å². The van der Waals surface area contributed by atoms with Crippen LogP contribution >= 0.6 is 0 Å². The number of aromatic nitrogens is 2. The average Bonchev–Trinajstić information content (AvgIpc) is 2.85. The quantitative estimate of drug-likeness (QED) is 0.654. The van der Waals surface area contributed by atoms with Crippen LogP contribution in [0.2, 0.25) is 0 Å². The van der Waals surface area contributed by atoms with Gasteiger partial charge in [0.2, 0.25) is 0 Å². The summed E-state index contributed by atoms with van der Waals surface area (Å²) in [6.07, 6.45) is 0. The summed E-state index contributed by atoms with van der Waals surface area (Å²) in [5, 5.41) is 11.3. The minimum absolute atomic E-state index is 0.264. The van der Waals surface area contributed by atoms with Crippen molar-refractivity contribution in [1.82, 2.24) is 10.2 Å². The van der Waals surface area contributed by atoms with E-state index >= 15 is 0 Å². The van der Waals surface area contributed by atoms with E-state index in [0.29, 0.717) is 11.5 Å². The van der Waals surface area contributed by atoms with Crippen LogP contribution in [0.5, 0.6) is 0 Å². The molecule has 0 spiro atoms. The molecule has 0 aliphatic heterocycles. The first kappa shape index (κ1) is 11.3. The van der Waals surface area contributed by atoms with E-state index in [1.165, 1.54) is 6.07 Å². The van der Waals surface area contributed by atoms with Gasteiger partial charge in [-0.2, -0.15) is 5.10 Å². The molecule has 1 aromatic heterocycles. The Hall–Kier alpha value is -2.82. The lowest BCUT2D eigenvalue weighted by molar-refractivity contribution is 0.102. The maximum Gasteiger partial charge on any atom is 0.273 e. The lowest BCUT2D eigenvalue weighted by atomic mass is 10.1. The van der Waals surface area contributed by atoms with Crippen molar-refractivity contribution in [2.45, 2.75) is 0 Å². The zero-order chi connectivity index (χ0) is 13.2. The summed E-state index contributed by atoms with van der Waals surface area (Å²) in [5.74, 6) is 0.0307. The molecule has 0 aliphatic carbocycles. The fourth-order valence-corrected chi connectivity index (χ4v) is 1.92. The number of nitrogen functional groups attached to an aromatic ring is 1. The molecule has 0 saturated carbocycles. The van der Waals surface area contributed by atoms with Gasteiger partial charge in [-0.1, -0.05) is 30.3 Å². The van der Waals surface area contributed by atoms with Crippen LogP contribution in [0.25, 0.3) is 10.8 Å². The molecule has 4 N–H and O–H groups in total. The first-order chi connectivity index (χ1) is 9.22. The number of benzene rings is 2. The van der Waals surface area contributed by atoms with Crippen molar-refractivity contribution in [3.8, 4) is 0 Å². The molecule has 0 aliphatic rings. The largest absolute Gasteiger partial charge is 0.382 e. The number of carbonyl (C=O) groups excluding carboxylic acids is 1. The number of carbonyl (C=O) groups is 1. The van der Waals surface area contributed by atoms with Gasteiger partial charge in [0.05, 0.1) is 0 Å². The summed E-state index contributed by atoms with van der Waals surface area (Å²) in [5.41, 5.74) is 6.53. The zero-order valence-electron chi connectivity index (χ0n) is 10.1. The fourth-order valence-electron chi connectivity index (χ4n) is 1.92. The molecule has 5 heteroatoms. The third kappa shape index (κ3) is 2.26. The van der Waals surface area contributed by atoms with Gasteiger partial charge in [-0.15, -0.1) is 0 Å². The summed E-state index contributed by atoms with van der Waals surface area (Å²) >= 11 is 0. The summed E-state index contributed by atoms with van der Waals surface area (Å²) in [4.78, 5) is 11.9. The van der Waals surface area contributed by atoms with Gasteiger partial charge in [0, 0.05) is 11.8 Å². The van der Waals surface area contributed by atoms with Crippen LogP contribution in [-0.2, 0) is 0 Å². The minimum Gasteiger partial charge on any atom is -0.382 e. The van der Waals surface area contributed by atoms with E-state index in [2.05, 4.69) is 15.5 Å². The number of nitrogens with zero attached hydrogens (tertiary/aromatic N) is 1. The van der Waals surface area contributed by atoms with E-state index in [4.69, 9.17) is 5.73 Å². The lowest BCUT2D eigenvalue weighted by Crippen LogP contribution is -2.12. The molecule has 0 fully saturated rings. The second-order valence-electron chi connectivity index (χ2n) is 4.22. The summed E-state index contributed by atoms with van der Waals surface area (Å²) in [6, 6.07) is 15.2. The van der Waals surface area contributed by atoms with E-state index in [9.17, 15) is 4.79 Å². The van der Waals surface area contributed by atoms with Crippen molar-refractivity contribution >= 4 is 28.2 Å². The Morgan fingerprint density at radius 2 is 1.89 bits per heavy atom. The summed E-state index contributed by atoms with van der Waals surface area (Å²) < 4.78 is 0. The number of aromatic amines is 1. The number of H-pyrrole nitrogens is 1. The van der Waals surface area contributed by atoms with Crippen molar-refractivity contribution in [3.63, 3.8) is 0 Å². The second kappa shape index (κ2) is 4.45. The maximum atomic E-state index is 11.9. The number of nitrogens with two attached hydrogens (primary N) is 1. The molecule has 19 heavy (non-hydrogen) atoms. The first-order valence-corrected chi connectivity index (χ1v) is 5.83. The van der Waals surface area contributed by atoms with Gasteiger partial charge in [0.1, 0.15) is 11.5 Å². The highest BCUT2D eigenvalue weighted by atomic mass is 16.1. The zero-order valence-corrected chi connectivity index (χ0v) is 10.1. The van der Waals surface area contributed by atoms with Crippen molar-refractivity contribution < 1.29 is 4.79 Å². The number of nitrogens with one attached hydrogen (secondary N) is 2. The standard InChI is InChI=1S/C14H12N4O/c15-13-8-12(17-18-13)14(19)16-11-6-5-9-3-1-2-4-10(9)7-11/h1-8H,(H,16,19)(H3,15,17,18). The van der Waals surface area contributed by atoms with Crippen LogP contribution in [0.3, 0.4) is 0 Å². The molecule has 0 unspecified atom stereocenters. The van der Waals surface area contributed by atoms with Crippen LogP contribution < -0.4 is 11.1 Å². The molecule has 5 nitrogen and oxygen atoms in total. The topological polar surface area (TPSA) is 83.8 Å². The van der Waals surface area contributed by atoms with E-state index in [1.54, 1.807) is 0 Å². The molecule has 0 atom stereocenters. The van der Waals surface area contributed by atoms with E-state index < -0.39 is 0 Å². The van der Waals surface area contributed by atoms with Gasteiger partial charge in [-0.25, -0.2) is 0 Å². The second-order valence-corrected chi connectivity index (χ2v) is 4.22. The number of hydrogen-bond donors (Lipinski definition) is 3. The highest BCUT2D eigenvalue weighted by molar-refractivity contribution is 6.04. The van der Waals surface area contributed by atoms with Gasteiger partial charge < -0.3 is 11.1 Å². The molecule has 3 aromatic rings. The summed E-state index contributed by atoms with van der Waals surface area (Å²) in [7, 11) is 0. The molecule has 0 saturated heterocycles. The minimum atomic E-state index is -0.264. The van der Waals surface area contributed by atoms with Gasteiger partial charge >= 0.3 is 0 Å². The van der Waals surface area contributed by atoms with Crippen LogP contribution in [0.1, 0.15) is 10.5 Å². The van der Waals surface area contributed by atoms with Crippen molar-refractivity contribution in [3.05, 3.63) is 54.2 Å². The Labute approximate surface area is 109 Å². The number of rotatable bonds is 2. The third-order valence-corrected chi connectivity index (χ3v) is 2.85. The van der Waals surface area contributed by atoms with Crippen LogP contribution in [0, 0.1) is 0 Å². The van der Waals surface area contributed by atoms with Crippen LogP contribution in [-0.4, -0.2) is 16.1 Å². The molecule has 1 heterocycles. The molecule has 94 valence electrons. The van der Waals surface area contributed by atoms with Gasteiger partial charge in [0.25, 0.3) is 5.91 Å². The maximum absolute atomic E-state index is 11.9. The SMILES string of the molecule is Nc1cc(C(=O)Nc2ccc3ccccc3c2)[nH]n1. The van der Waals surface area contributed by atoms with E-state index in [1.807, 2.05) is 42.5 Å². The predicted molar refractivity (Wildman–Crippen MR) is 74.9 cm³/mol. The molecule has 3 rings (SSSR count). The number of hydrogen-bond acceptors (Lipinski definition) is 3. The normalized spacial score (nSPS) is 10.5. The Kier molecular flexibility index (Phi) is 2.64. The highest BCUT2D eigenvalue weighted by Crippen LogP contribution is 2.19. The van der Waals surface area contributed by atoms with E-state index in [-0.39, 0.29) is 5.91 Å². The predicted octanol–water partition coefficient (Wildman–Crippen LogP) is 2.40. The molecule has 0 radical (unpaired) electrons. The van der Waals surface area contributed by atoms with Crippen LogP contribution in [0.15, 0.2) is 48.5 Å². The summed E-state index contributed by atoms with van der Waals surface area (Å²) in [6.45, 7) is 0. The van der Waals surface area contributed by atoms with Crippen molar-refractivity contribution in [2.24, 2.45) is 0 Å². The number of fused-ring (bicyclic) bond motifs is 1.